The maximum absolute atomic E-state index is 13.3. The second-order valence-corrected chi connectivity index (χ2v) is 5.22. The van der Waals surface area contributed by atoms with E-state index in [2.05, 4.69) is 26.3 Å². The molecule has 0 radical (unpaired) electrons. The highest BCUT2D eigenvalue weighted by atomic mass is 79.9. The highest BCUT2D eigenvalue weighted by Gasteiger charge is 2.15. The Labute approximate surface area is 123 Å². The van der Waals surface area contributed by atoms with Crippen LogP contribution in [0.3, 0.4) is 0 Å². The van der Waals surface area contributed by atoms with Crippen molar-refractivity contribution in [1.29, 1.82) is 0 Å². The Morgan fingerprint density at radius 2 is 2.25 bits per heavy atom. The van der Waals surface area contributed by atoms with E-state index in [9.17, 15) is 9.18 Å². The minimum Gasteiger partial charge on any atom is -0.478 e. The molecule has 0 aliphatic rings. The molecule has 0 aliphatic heterocycles. The summed E-state index contributed by atoms with van der Waals surface area (Å²) in [4.78, 5) is 11.1. The summed E-state index contributed by atoms with van der Waals surface area (Å²) in [6, 6.07) is 3.04. The average Bonchev–Trinajstić information content (AvgIpc) is 2.74. The van der Waals surface area contributed by atoms with Crippen LogP contribution in [0.2, 0.25) is 0 Å². The zero-order chi connectivity index (χ0) is 14.9. The first-order valence-electron chi connectivity index (χ1n) is 5.84. The van der Waals surface area contributed by atoms with Gasteiger partial charge in [0.1, 0.15) is 11.4 Å². The van der Waals surface area contributed by atoms with E-state index in [1.54, 1.807) is 20.0 Å². The molecule has 2 N–H and O–H groups in total. The van der Waals surface area contributed by atoms with Gasteiger partial charge in [-0.2, -0.15) is 5.10 Å². The number of hydrogen-bond acceptors (Lipinski definition) is 3. The molecule has 20 heavy (non-hydrogen) atoms. The van der Waals surface area contributed by atoms with Crippen molar-refractivity contribution in [1.82, 2.24) is 9.78 Å². The molecule has 0 saturated heterocycles. The van der Waals surface area contributed by atoms with Crippen molar-refractivity contribution in [2.24, 2.45) is 7.05 Å². The summed E-state index contributed by atoms with van der Waals surface area (Å²) in [5, 5.41) is 16.1. The fourth-order valence-electron chi connectivity index (χ4n) is 1.87. The molecule has 0 atom stereocenters. The van der Waals surface area contributed by atoms with Crippen molar-refractivity contribution in [2.75, 3.05) is 5.32 Å². The SMILES string of the molecule is Cc1cc(F)c(Br)cc1NCc1c(C(=O)O)cnn1C. The van der Waals surface area contributed by atoms with Crippen LogP contribution in [0.4, 0.5) is 10.1 Å². The van der Waals surface area contributed by atoms with Crippen LogP contribution in [0.1, 0.15) is 21.6 Å². The number of carboxylic acid groups (broad SMARTS) is 1. The molecule has 106 valence electrons. The Hall–Kier alpha value is -1.89. The molecule has 7 heteroatoms. The number of nitrogens with zero attached hydrogens (tertiary/aromatic N) is 2. The van der Waals surface area contributed by atoms with Gasteiger partial charge < -0.3 is 10.4 Å². The monoisotopic (exact) mass is 341 g/mol. The molecular weight excluding hydrogens is 329 g/mol. The minimum atomic E-state index is -1.02. The lowest BCUT2D eigenvalue weighted by Gasteiger charge is -2.11. The summed E-state index contributed by atoms with van der Waals surface area (Å²) in [5.41, 5.74) is 2.18. The number of aromatic carboxylic acids is 1. The summed E-state index contributed by atoms with van der Waals surface area (Å²) in [5.74, 6) is -1.35. The van der Waals surface area contributed by atoms with Crippen LogP contribution in [0.25, 0.3) is 0 Å². The van der Waals surface area contributed by atoms with Crippen LogP contribution < -0.4 is 5.32 Å². The first-order valence-corrected chi connectivity index (χ1v) is 6.63. The Morgan fingerprint density at radius 3 is 2.90 bits per heavy atom. The molecule has 0 spiro atoms. The van der Waals surface area contributed by atoms with E-state index >= 15 is 0 Å². The summed E-state index contributed by atoms with van der Waals surface area (Å²) in [6.07, 6.45) is 1.31. The molecule has 1 heterocycles. The Morgan fingerprint density at radius 1 is 1.55 bits per heavy atom. The van der Waals surface area contributed by atoms with Crippen molar-refractivity contribution < 1.29 is 14.3 Å². The molecular formula is C13H13BrFN3O2. The van der Waals surface area contributed by atoms with Crippen molar-refractivity contribution in [3.63, 3.8) is 0 Å². The molecule has 0 saturated carbocycles. The van der Waals surface area contributed by atoms with Crippen LogP contribution in [0.5, 0.6) is 0 Å². The van der Waals surface area contributed by atoms with Gasteiger partial charge >= 0.3 is 5.97 Å². The molecule has 2 aromatic rings. The number of halogens is 2. The second-order valence-electron chi connectivity index (χ2n) is 4.37. The molecule has 0 amide bonds. The van der Waals surface area contributed by atoms with Gasteiger partial charge in [-0.3, -0.25) is 4.68 Å². The van der Waals surface area contributed by atoms with Gasteiger partial charge in [-0.05, 0) is 40.5 Å². The van der Waals surface area contributed by atoms with E-state index in [1.807, 2.05) is 0 Å². The van der Waals surface area contributed by atoms with Gasteiger partial charge in [-0.15, -0.1) is 0 Å². The zero-order valence-electron chi connectivity index (χ0n) is 10.9. The third-order valence-electron chi connectivity index (χ3n) is 3.01. The lowest BCUT2D eigenvalue weighted by Crippen LogP contribution is -2.10. The third kappa shape index (κ3) is 2.82. The fraction of sp³-hybridized carbons (Fsp3) is 0.231. The predicted octanol–water partition coefficient (Wildman–Crippen LogP) is 2.94. The van der Waals surface area contributed by atoms with Gasteiger partial charge in [-0.1, -0.05) is 0 Å². The minimum absolute atomic E-state index is 0.152. The molecule has 0 unspecified atom stereocenters. The lowest BCUT2D eigenvalue weighted by molar-refractivity contribution is 0.0695. The van der Waals surface area contributed by atoms with E-state index in [4.69, 9.17) is 5.11 Å². The van der Waals surface area contributed by atoms with E-state index in [1.165, 1.54) is 16.9 Å². The van der Waals surface area contributed by atoms with Crippen LogP contribution >= 0.6 is 15.9 Å². The largest absolute Gasteiger partial charge is 0.478 e. The van der Waals surface area contributed by atoms with Crippen molar-refractivity contribution in [2.45, 2.75) is 13.5 Å². The Balaban J connectivity index is 2.23. The number of aryl methyl sites for hydroxylation is 2. The third-order valence-corrected chi connectivity index (χ3v) is 3.61. The number of benzene rings is 1. The number of hydrogen-bond donors (Lipinski definition) is 2. The number of anilines is 1. The van der Waals surface area contributed by atoms with Crippen LogP contribution in [-0.4, -0.2) is 20.9 Å². The standard InChI is InChI=1S/C13H13BrFN3O2/c1-7-3-10(15)9(14)4-11(7)16-6-12-8(13(19)20)5-17-18(12)2/h3-5,16H,6H2,1-2H3,(H,19,20). The summed E-state index contributed by atoms with van der Waals surface area (Å²) in [7, 11) is 1.68. The lowest BCUT2D eigenvalue weighted by atomic mass is 10.2. The molecule has 1 aromatic heterocycles. The molecule has 0 aliphatic carbocycles. The normalized spacial score (nSPS) is 10.6. The van der Waals surface area contributed by atoms with Crippen molar-refractivity contribution >= 4 is 27.6 Å². The molecule has 0 bridgehead atoms. The maximum Gasteiger partial charge on any atom is 0.339 e. The van der Waals surface area contributed by atoms with E-state index in [0.29, 0.717) is 10.2 Å². The smallest absolute Gasteiger partial charge is 0.339 e. The molecule has 5 nitrogen and oxygen atoms in total. The van der Waals surface area contributed by atoms with Gasteiger partial charge in [0, 0.05) is 12.7 Å². The highest BCUT2D eigenvalue weighted by Crippen LogP contribution is 2.24. The predicted molar refractivity (Wildman–Crippen MR) is 76.3 cm³/mol. The summed E-state index contributed by atoms with van der Waals surface area (Å²) < 4.78 is 15.2. The number of aromatic nitrogens is 2. The zero-order valence-corrected chi connectivity index (χ0v) is 12.5. The number of carbonyl (C=O) groups is 1. The van der Waals surface area contributed by atoms with Crippen LogP contribution in [-0.2, 0) is 13.6 Å². The van der Waals surface area contributed by atoms with Gasteiger partial charge in [0.25, 0.3) is 0 Å². The van der Waals surface area contributed by atoms with Crippen LogP contribution in [0.15, 0.2) is 22.8 Å². The summed E-state index contributed by atoms with van der Waals surface area (Å²) >= 11 is 3.12. The quantitative estimate of drug-likeness (QED) is 0.897. The van der Waals surface area contributed by atoms with Crippen LogP contribution in [0, 0.1) is 12.7 Å². The molecule has 2 rings (SSSR count). The van der Waals surface area contributed by atoms with Gasteiger partial charge in [0.15, 0.2) is 0 Å². The number of rotatable bonds is 4. The highest BCUT2D eigenvalue weighted by molar-refractivity contribution is 9.10. The first kappa shape index (κ1) is 14.5. The summed E-state index contributed by atoms with van der Waals surface area (Å²) in [6.45, 7) is 2.07. The van der Waals surface area contributed by atoms with E-state index < -0.39 is 5.97 Å². The second kappa shape index (κ2) is 5.62. The van der Waals surface area contributed by atoms with E-state index in [0.717, 1.165) is 11.3 Å². The topological polar surface area (TPSA) is 67.2 Å². The van der Waals surface area contributed by atoms with E-state index in [-0.39, 0.29) is 17.9 Å². The van der Waals surface area contributed by atoms with Gasteiger partial charge in [-0.25, -0.2) is 9.18 Å². The molecule has 1 aromatic carbocycles. The average molecular weight is 342 g/mol. The van der Waals surface area contributed by atoms with Crippen molar-refractivity contribution in [3.05, 3.63) is 45.4 Å². The maximum atomic E-state index is 13.3. The number of carboxylic acids is 1. The number of nitrogens with one attached hydrogen (secondary N) is 1. The molecule has 0 fully saturated rings. The van der Waals surface area contributed by atoms with Gasteiger partial charge in [0.05, 0.1) is 22.9 Å². The first-order chi connectivity index (χ1) is 9.40. The Kier molecular flexibility index (Phi) is 4.08. The fourth-order valence-corrected chi connectivity index (χ4v) is 2.21. The van der Waals surface area contributed by atoms with Crippen molar-refractivity contribution in [3.8, 4) is 0 Å². The van der Waals surface area contributed by atoms with Gasteiger partial charge in [0.2, 0.25) is 0 Å². The Bertz CT molecular complexity index is 670.